The summed E-state index contributed by atoms with van der Waals surface area (Å²) in [7, 11) is 0. The molecule has 0 radical (unpaired) electrons. The lowest BCUT2D eigenvalue weighted by Crippen LogP contribution is -2.28. The largest absolute Gasteiger partial charge is 0.482 e. The van der Waals surface area contributed by atoms with Gasteiger partial charge >= 0.3 is 11.6 Å². The van der Waals surface area contributed by atoms with Gasteiger partial charge in [-0.25, -0.2) is 9.59 Å². The van der Waals surface area contributed by atoms with Crippen molar-refractivity contribution in [3.63, 3.8) is 0 Å². The maximum absolute atomic E-state index is 12.4. The minimum atomic E-state index is -0.748. The van der Waals surface area contributed by atoms with Gasteiger partial charge in [-0.15, -0.1) is 0 Å². The first-order chi connectivity index (χ1) is 16.1. The number of esters is 1. The summed E-state index contributed by atoms with van der Waals surface area (Å²) in [6, 6.07) is 11.9. The van der Waals surface area contributed by atoms with Crippen LogP contribution < -0.4 is 20.4 Å². The highest BCUT2D eigenvalue weighted by atomic mass is 16.6. The van der Waals surface area contributed by atoms with E-state index in [4.69, 9.17) is 13.9 Å². The Morgan fingerprint density at radius 3 is 2.53 bits per heavy atom. The first kappa shape index (κ1) is 25.0. The van der Waals surface area contributed by atoms with Crippen LogP contribution >= 0.6 is 0 Å². The molecule has 1 N–H and O–H groups in total. The SMILES string of the molecule is CCCCNC(=O)c1cc2ccc(OC(=O)COc3ccc(C)cc3C(C)(C)C)cc2oc1=O. The number of benzene rings is 2. The van der Waals surface area contributed by atoms with E-state index in [9.17, 15) is 14.4 Å². The molecule has 0 aliphatic rings. The highest BCUT2D eigenvalue weighted by Crippen LogP contribution is 2.32. The normalized spacial score (nSPS) is 11.3. The average Bonchev–Trinajstić information content (AvgIpc) is 2.77. The third-order valence-corrected chi connectivity index (χ3v) is 5.29. The Kier molecular flexibility index (Phi) is 7.76. The second kappa shape index (κ2) is 10.5. The Morgan fingerprint density at radius 1 is 1.06 bits per heavy atom. The molecule has 1 aromatic heterocycles. The molecular formula is C27H31NO6. The topological polar surface area (TPSA) is 94.8 Å². The summed E-state index contributed by atoms with van der Waals surface area (Å²) in [6.45, 7) is 10.5. The van der Waals surface area contributed by atoms with Crippen molar-refractivity contribution in [1.29, 1.82) is 0 Å². The molecular weight excluding hydrogens is 434 g/mol. The molecule has 0 atom stereocenters. The number of aryl methyl sites for hydroxylation is 1. The van der Waals surface area contributed by atoms with Crippen molar-refractivity contribution < 1.29 is 23.5 Å². The minimum absolute atomic E-state index is 0.0606. The second-order valence-electron chi connectivity index (χ2n) is 9.27. The molecule has 3 rings (SSSR count). The molecule has 7 heteroatoms. The zero-order valence-electron chi connectivity index (χ0n) is 20.3. The Balaban J connectivity index is 1.70. The van der Waals surface area contributed by atoms with Gasteiger partial charge in [-0.1, -0.05) is 51.8 Å². The molecule has 34 heavy (non-hydrogen) atoms. The fourth-order valence-electron chi connectivity index (χ4n) is 3.44. The number of amides is 1. The van der Waals surface area contributed by atoms with Crippen molar-refractivity contribution in [3.8, 4) is 11.5 Å². The monoisotopic (exact) mass is 465 g/mol. The molecule has 180 valence electrons. The molecule has 0 spiro atoms. The third-order valence-electron chi connectivity index (χ3n) is 5.29. The molecule has 0 unspecified atom stereocenters. The van der Waals surface area contributed by atoms with Crippen LogP contribution in [-0.4, -0.2) is 25.0 Å². The molecule has 0 fully saturated rings. The van der Waals surface area contributed by atoms with Gasteiger partial charge in [0.05, 0.1) is 0 Å². The number of hydrogen-bond acceptors (Lipinski definition) is 6. The number of fused-ring (bicyclic) bond motifs is 1. The third kappa shape index (κ3) is 6.25. The van der Waals surface area contributed by atoms with Crippen molar-refractivity contribution in [2.45, 2.75) is 52.9 Å². The van der Waals surface area contributed by atoms with E-state index >= 15 is 0 Å². The fourth-order valence-corrected chi connectivity index (χ4v) is 3.44. The van der Waals surface area contributed by atoms with Crippen molar-refractivity contribution in [2.75, 3.05) is 13.2 Å². The summed E-state index contributed by atoms with van der Waals surface area (Å²) < 4.78 is 16.4. The number of unbranched alkanes of at least 4 members (excludes halogenated alkanes) is 1. The number of hydrogen-bond donors (Lipinski definition) is 1. The van der Waals surface area contributed by atoms with Gasteiger partial charge in [-0.2, -0.15) is 0 Å². The fraction of sp³-hybridized carbons (Fsp3) is 0.370. The van der Waals surface area contributed by atoms with Crippen LogP contribution in [-0.2, 0) is 10.2 Å². The summed E-state index contributed by atoms with van der Waals surface area (Å²) in [5.74, 6) is -0.217. The van der Waals surface area contributed by atoms with E-state index < -0.39 is 17.5 Å². The molecule has 0 saturated carbocycles. The summed E-state index contributed by atoms with van der Waals surface area (Å²) in [5, 5.41) is 3.25. The second-order valence-corrected chi connectivity index (χ2v) is 9.27. The lowest BCUT2D eigenvalue weighted by Gasteiger charge is -2.23. The molecule has 0 aliphatic carbocycles. The van der Waals surface area contributed by atoms with E-state index in [0.717, 1.165) is 24.0 Å². The van der Waals surface area contributed by atoms with Crippen LogP contribution in [0.15, 0.2) is 51.7 Å². The smallest absolute Gasteiger partial charge is 0.349 e. The summed E-state index contributed by atoms with van der Waals surface area (Å²) in [5.41, 5.74) is 1.38. The van der Waals surface area contributed by atoms with Gasteiger partial charge in [0, 0.05) is 18.0 Å². The van der Waals surface area contributed by atoms with Crippen LogP contribution in [0.4, 0.5) is 0 Å². The Bertz CT molecular complexity index is 1250. The Morgan fingerprint density at radius 2 is 1.82 bits per heavy atom. The van der Waals surface area contributed by atoms with E-state index in [1.165, 1.54) is 12.1 Å². The molecule has 2 aromatic carbocycles. The van der Waals surface area contributed by atoms with Crippen molar-refractivity contribution in [3.05, 3.63) is 69.6 Å². The average molecular weight is 466 g/mol. The number of carbonyl (C=O) groups is 2. The Labute approximate surface area is 199 Å². The number of nitrogens with one attached hydrogen (secondary N) is 1. The van der Waals surface area contributed by atoms with Gasteiger partial charge in [0.1, 0.15) is 22.6 Å². The van der Waals surface area contributed by atoms with E-state index in [2.05, 4.69) is 26.1 Å². The first-order valence-electron chi connectivity index (χ1n) is 11.4. The minimum Gasteiger partial charge on any atom is -0.482 e. The molecule has 1 heterocycles. The van der Waals surface area contributed by atoms with E-state index in [1.54, 1.807) is 12.1 Å². The molecule has 0 aliphatic heterocycles. The van der Waals surface area contributed by atoms with Crippen molar-refractivity contribution in [1.82, 2.24) is 5.32 Å². The van der Waals surface area contributed by atoms with Crippen LogP contribution in [0.5, 0.6) is 11.5 Å². The van der Waals surface area contributed by atoms with Gasteiger partial charge in [0.25, 0.3) is 5.91 Å². The van der Waals surface area contributed by atoms with Crippen LogP contribution in [0.1, 0.15) is 62.0 Å². The van der Waals surface area contributed by atoms with E-state index in [-0.39, 0.29) is 28.9 Å². The van der Waals surface area contributed by atoms with Gasteiger partial charge in [0.15, 0.2) is 6.61 Å². The highest BCUT2D eigenvalue weighted by Gasteiger charge is 2.20. The molecule has 7 nitrogen and oxygen atoms in total. The molecule has 0 bridgehead atoms. The highest BCUT2D eigenvalue weighted by molar-refractivity contribution is 5.96. The standard InChI is InChI=1S/C27H31NO6/c1-6-7-12-28-25(30)20-14-18-9-10-19(15-23(18)34-26(20)31)33-24(29)16-32-22-11-8-17(2)13-21(22)27(3,4)5/h8-11,13-15H,6-7,12,16H2,1-5H3,(H,28,30). The van der Waals surface area contributed by atoms with Crippen molar-refractivity contribution >= 4 is 22.8 Å². The van der Waals surface area contributed by atoms with E-state index in [0.29, 0.717) is 17.7 Å². The zero-order valence-corrected chi connectivity index (χ0v) is 20.3. The maximum Gasteiger partial charge on any atom is 0.349 e. The summed E-state index contributed by atoms with van der Waals surface area (Å²) >= 11 is 0. The number of carbonyl (C=O) groups excluding carboxylic acids is 2. The predicted octanol–water partition coefficient (Wildman–Crippen LogP) is 4.91. The Hall–Kier alpha value is -3.61. The molecule has 1 amide bonds. The van der Waals surface area contributed by atoms with Crippen LogP contribution in [0, 0.1) is 6.92 Å². The van der Waals surface area contributed by atoms with Crippen LogP contribution in [0.2, 0.25) is 0 Å². The predicted molar refractivity (Wildman–Crippen MR) is 131 cm³/mol. The van der Waals surface area contributed by atoms with Crippen molar-refractivity contribution in [2.24, 2.45) is 0 Å². The van der Waals surface area contributed by atoms with E-state index in [1.807, 2.05) is 32.0 Å². The quantitative estimate of drug-likeness (QED) is 0.220. The van der Waals surface area contributed by atoms with Crippen LogP contribution in [0.25, 0.3) is 11.0 Å². The number of rotatable bonds is 8. The maximum atomic E-state index is 12.4. The molecule has 3 aromatic rings. The van der Waals surface area contributed by atoms with Gasteiger partial charge in [-0.05, 0) is 48.6 Å². The van der Waals surface area contributed by atoms with Gasteiger partial charge < -0.3 is 19.2 Å². The summed E-state index contributed by atoms with van der Waals surface area (Å²) in [6.07, 6.45) is 1.76. The lowest BCUT2D eigenvalue weighted by molar-refractivity contribution is -0.136. The first-order valence-corrected chi connectivity index (χ1v) is 11.4. The summed E-state index contributed by atoms with van der Waals surface area (Å²) in [4.78, 5) is 36.9. The molecule has 0 saturated heterocycles. The van der Waals surface area contributed by atoms with Crippen LogP contribution in [0.3, 0.4) is 0 Å². The lowest BCUT2D eigenvalue weighted by atomic mass is 9.85. The number of ether oxygens (including phenoxy) is 2. The zero-order chi connectivity index (χ0) is 24.9. The van der Waals surface area contributed by atoms with Gasteiger partial charge in [-0.3, -0.25) is 4.79 Å². The van der Waals surface area contributed by atoms with Gasteiger partial charge in [0.2, 0.25) is 0 Å².